The second-order valence-electron chi connectivity index (χ2n) is 4.79. The summed E-state index contributed by atoms with van der Waals surface area (Å²) in [6, 6.07) is 5.33. The smallest absolute Gasteiger partial charge is 0.242 e. The number of benzene rings is 1. The number of nitrogens with one attached hydrogen (secondary N) is 2. The van der Waals surface area contributed by atoms with Crippen LogP contribution < -0.4 is 10.0 Å². The van der Waals surface area contributed by atoms with Crippen molar-refractivity contribution in [3.63, 3.8) is 0 Å². The van der Waals surface area contributed by atoms with Crippen LogP contribution in [0.5, 0.6) is 0 Å². The topological polar surface area (TPSA) is 58.2 Å². The zero-order valence-corrected chi connectivity index (χ0v) is 13.1. The van der Waals surface area contributed by atoms with Crippen molar-refractivity contribution >= 4 is 21.6 Å². The molecule has 0 aliphatic carbocycles. The molecule has 0 aliphatic rings. The Bertz CT molecular complexity index is 515. The number of hydrogen-bond acceptors (Lipinski definition) is 3. The average Bonchev–Trinajstić information content (AvgIpc) is 2.27. The molecule has 2 N–H and O–H groups in total. The molecule has 0 spiro atoms. The standard InChI is InChI=1S/C13H21ClN2O2S/c1-10(2)15-7-4-8-16-19(17,18)13-6-5-11(3)9-12(13)14/h5-6,9-10,15-16H,4,7-8H2,1-3H3. The van der Waals surface area contributed by atoms with Crippen LogP contribution in [0, 0.1) is 6.92 Å². The zero-order valence-electron chi connectivity index (χ0n) is 11.5. The third kappa shape index (κ3) is 5.48. The van der Waals surface area contributed by atoms with Gasteiger partial charge in [-0.25, -0.2) is 13.1 Å². The molecule has 6 heteroatoms. The van der Waals surface area contributed by atoms with Crippen LogP contribution in [-0.2, 0) is 10.0 Å². The van der Waals surface area contributed by atoms with Crippen LogP contribution in [0.4, 0.5) is 0 Å². The lowest BCUT2D eigenvalue weighted by molar-refractivity contribution is 0.554. The molecular weight excluding hydrogens is 284 g/mol. The summed E-state index contributed by atoms with van der Waals surface area (Å²) in [5.41, 5.74) is 0.935. The monoisotopic (exact) mass is 304 g/mol. The molecule has 19 heavy (non-hydrogen) atoms. The number of aryl methyl sites for hydroxylation is 1. The minimum atomic E-state index is -3.52. The van der Waals surface area contributed by atoms with E-state index >= 15 is 0 Å². The summed E-state index contributed by atoms with van der Waals surface area (Å²) in [5, 5.41) is 3.49. The zero-order chi connectivity index (χ0) is 14.5. The van der Waals surface area contributed by atoms with Crippen LogP contribution in [0.1, 0.15) is 25.8 Å². The molecule has 0 atom stereocenters. The SMILES string of the molecule is Cc1ccc(S(=O)(=O)NCCCNC(C)C)c(Cl)c1. The molecule has 108 valence electrons. The number of halogens is 1. The van der Waals surface area contributed by atoms with Crippen molar-refractivity contribution in [3.05, 3.63) is 28.8 Å². The average molecular weight is 305 g/mol. The van der Waals surface area contributed by atoms with E-state index in [0.29, 0.717) is 12.6 Å². The molecule has 1 aromatic rings. The van der Waals surface area contributed by atoms with E-state index in [2.05, 4.69) is 23.9 Å². The Morgan fingerprint density at radius 1 is 1.26 bits per heavy atom. The Hall–Kier alpha value is -0.620. The fraction of sp³-hybridized carbons (Fsp3) is 0.538. The normalized spacial score (nSPS) is 12.1. The number of hydrogen-bond donors (Lipinski definition) is 2. The maximum Gasteiger partial charge on any atom is 0.242 e. The van der Waals surface area contributed by atoms with Crippen LogP contribution >= 0.6 is 11.6 Å². The molecule has 0 aromatic heterocycles. The van der Waals surface area contributed by atoms with E-state index in [1.165, 1.54) is 6.07 Å². The molecule has 0 amide bonds. The van der Waals surface area contributed by atoms with Crippen molar-refractivity contribution in [2.24, 2.45) is 0 Å². The first kappa shape index (κ1) is 16.4. The fourth-order valence-electron chi connectivity index (χ4n) is 1.59. The number of sulfonamides is 1. The summed E-state index contributed by atoms with van der Waals surface area (Å²) < 4.78 is 26.6. The fourth-order valence-corrected chi connectivity index (χ4v) is 3.26. The van der Waals surface area contributed by atoms with Gasteiger partial charge in [0.05, 0.1) is 5.02 Å². The van der Waals surface area contributed by atoms with Crippen LogP contribution in [0.25, 0.3) is 0 Å². The van der Waals surface area contributed by atoms with Gasteiger partial charge in [-0.2, -0.15) is 0 Å². The molecule has 0 aliphatic heterocycles. The molecular formula is C13H21ClN2O2S. The third-order valence-corrected chi connectivity index (χ3v) is 4.52. The highest BCUT2D eigenvalue weighted by Gasteiger charge is 2.16. The Kier molecular flexibility index (Phi) is 6.26. The summed E-state index contributed by atoms with van der Waals surface area (Å²) >= 11 is 5.96. The van der Waals surface area contributed by atoms with Gasteiger partial charge in [0.1, 0.15) is 4.90 Å². The molecule has 0 heterocycles. The van der Waals surface area contributed by atoms with Crippen molar-refractivity contribution in [2.45, 2.75) is 38.1 Å². The van der Waals surface area contributed by atoms with Crippen LogP contribution in [-0.4, -0.2) is 27.5 Å². The van der Waals surface area contributed by atoms with E-state index in [1.54, 1.807) is 12.1 Å². The minimum absolute atomic E-state index is 0.136. The summed E-state index contributed by atoms with van der Waals surface area (Å²) in [6.45, 7) is 7.15. The van der Waals surface area contributed by atoms with Gasteiger partial charge in [-0.1, -0.05) is 31.5 Å². The molecule has 0 saturated heterocycles. The van der Waals surface area contributed by atoms with E-state index in [4.69, 9.17) is 11.6 Å². The van der Waals surface area contributed by atoms with Gasteiger partial charge in [-0.3, -0.25) is 0 Å². The second-order valence-corrected chi connectivity index (χ2v) is 6.94. The summed E-state index contributed by atoms with van der Waals surface area (Å²) in [5.74, 6) is 0. The molecule has 4 nitrogen and oxygen atoms in total. The minimum Gasteiger partial charge on any atom is -0.314 e. The van der Waals surface area contributed by atoms with E-state index in [9.17, 15) is 8.42 Å². The van der Waals surface area contributed by atoms with Crippen molar-refractivity contribution in [2.75, 3.05) is 13.1 Å². The maximum absolute atomic E-state index is 12.0. The van der Waals surface area contributed by atoms with Crippen LogP contribution in [0.2, 0.25) is 5.02 Å². The van der Waals surface area contributed by atoms with E-state index in [-0.39, 0.29) is 9.92 Å². The highest BCUT2D eigenvalue weighted by molar-refractivity contribution is 7.89. The van der Waals surface area contributed by atoms with Gasteiger partial charge in [-0.15, -0.1) is 0 Å². The lowest BCUT2D eigenvalue weighted by Crippen LogP contribution is -2.29. The van der Waals surface area contributed by atoms with Gasteiger partial charge in [0.2, 0.25) is 10.0 Å². The molecule has 0 saturated carbocycles. The Morgan fingerprint density at radius 3 is 2.53 bits per heavy atom. The molecule has 0 radical (unpaired) electrons. The van der Waals surface area contributed by atoms with Gasteiger partial charge in [-0.05, 0) is 37.6 Å². The van der Waals surface area contributed by atoms with Crippen molar-refractivity contribution in [1.29, 1.82) is 0 Å². The molecule has 1 aromatic carbocycles. The summed E-state index contributed by atoms with van der Waals surface area (Å²) in [4.78, 5) is 0.136. The first-order valence-electron chi connectivity index (χ1n) is 6.32. The molecule has 0 unspecified atom stereocenters. The van der Waals surface area contributed by atoms with E-state index in [0.717, 1.165) is 18.5 Å². The van der Waals surface area contributed by atoms with E-state index < -0.39 is 10.0 Å². The van der Waals surface area contributed by atoms with Gasteiger partial charge < -0.3 is 5.32 Å². The molecule has 0 fully saturated rings. The highest BCUT2D eigenvalue weighted by atomic mass is 35.5. The Labute approximate surface area is 120 Å². The van der Waals surface area contributed by atoms with Gasteiger partial charge in [0, 0.05) is 12.6 Å². The van der Waals surface area contributed by atoms with Crippen molar-refractivity contribution < 1.29 is 8.42 Å². The second kappa shape index (κ2) is 7.24. The largest absolute Gasteiger partial charge is 0.314 e. The van der Waals surface area contributed by atoms with Gasteiger partial charge in [0.25, 0.3) is 0 Å². The quantitative estimate of drug-likeness (QED) is 0.760. The van der Waals surface area contributed by atoms with Gasteiger partial charge >= 0.3 is 0 Å². The van der Waals surface area contributed by atoms with Crippen LogP contribution in [0.3, 0.4) is 0 Å². The first-order valence-corrected chi connectivity index (χ1v) is 8.18. The predicted octanol–water partition coefficient (Wildman–Crippen LogP) is 2.31. The summed E-state index contributed by atoms with van der Waals surface area (Å²) in [6.07, 6.45) is 0.737. The first-order chi connectivity index (χ1) is 8.83. The van der Waals surface area contributed by atoms with Crippen molar-refractivity contribution in [1.82, 2.24) is 10.0 Å². The van der Waals surface area contributed by atoms with E-state index in [1.807, 2.05) is 6.92 Å². The number of rotatable bonds is 7. The van der Waals surface area contributed by atoms with Crippen molar-refractivity contribution in [3.8, 4) is 0 Å². The Balaban J connectivity index is 2.56. The summed E-state index contributed by atoms with van der Waals surface area (Å²) in [7, 11) is -3.52. The molecule has 1 rings (SSSR count). The lowest BCUT2D eigenvalue weighted by Gasteiger charge is -2.10. The lowest BCUT2D eigenvalue weighted by atomic mass is 10.2. The highest BCUT2D eigenvalue weighted by Crippen LogP contribution is 2.22. The van der Waals surface area contributed by atoms with Gasteiger partial charge in [0.15, 0.2) is 0 Å². The third-order valence-electron chi connectivity index (χ3n) is 2.58. The molecule has 0 bridgehead atoms. The Morgan fingerprint density at radius 2 is 1.95 bits per heavy atom. The maximum atomic E-state index is 12.0. The predicted molar refractivity (Wildman–Crippen MR) is 79.1 cm³/mol. The van der Waals surface area contributed by atoms with Crippen LogP contribution in [0.15, 0.2) is 23.1 Å².